The first-order chi connectivity index (χ1) is 12.6. The van der Waals surface area contributed by atoms with Crippen molar-refractivity contribution < 1.29 is 24.5 Å². The molecule has 0 aromatic carbocycles. The number of rotatable bonds is 13. The second kappa shape index (κ2) is 14.0. The molecule has 0 aliphatic carbocycles. The molecule has 150 valence electrons. The Labute approximate surface area is 158 Å². The third kappa shape index (κ3) is 9.51. The highest BCUT2D eigenvalue weighted by atomic mass is 16.5. The topological polar surface area (TPSA) is 76.0 Å². The van der Waals surface area contributed by atoms with Gasteiger partial charge in [0.25, 0.3) is 0 Å². The van der Waals surface area contributed by atoms with Crippen molar-refractivity contribution in [1.82, 2.24) is 0 Å². The molecule has 1 heterocycles. The summed E-state index contributed by atoms with van der Waals surface area (Å²) in [5.74, 6) is -0.191. The van der Waals surface area contributed by atoms with Gasteiger partial charge in [-0.3, -0.25) is 4.79 Å². The van der Waals surface area contributed by atoms with E-state index in [9.17, 15) is 15.0 Å². The van der Waals surface area contributed by atoms with E-state index in [2.05, 4.69) is 17.7 Å². The summed E-state index contributed by atoms with van der Waals surface area (Å²) >= 11 is 0. The summed E-state index contributed by atoms with van der Waals surface area (Å²) in [6.07, 6.45) is 14.8. The first-order valence-corrected chi connectivity index (χ1v) is 9.96. The molecule has 1 fully saturated rings. The summed E-state index contributed by atoms with van der Waals surface area (Å²) < 4.78 is 10.4. The van der Waals surface area contributed by atoms with Crippen LogP contribution in [0.5, 0.6) is 0 Å². The zero-order valence-corrected chi connectivity index (χ0v) is 16.3. The van der Waals surface area contributed by atoms with Crippen LogP contribution in [0.15, 0.2) is 24.3 Å². The van der Waals surface area contributed by atoms with E-state index in [0.717, 1.165) is 19.3 Å². The fourth-order valence-electron chi connectivity index (χ4n) is 3.05. The number of carbonyl (C=O) groups excluding carboxylic acids is 1. The Morgan fingerprint density at radius 2 is 1.92 bits per heavy atom. The number of esters is 1. The number of aliphatic hydroxyl groups is 2. The Kier molecular flexibility index (Phi) is 12.3. The van der Waals surface area contributed by atoms with Crippen LogP contribution < -0.4 is 0 Å². The van der Waals surface area contributed by atoms with Gasteiger partial charge < -0.3 is 19.7 Å². The molecule has 1 rings (SSSR count). The maximum absolute atomic E-state index is 11.0. The van der Waals surface area contributed by atoms with Crippen LogP contribution in [-0.2, 0) is 14.3 Å². The van der Waals surface area contributed by atoms with Crippen LogP contribution in [0.4, 0.5) is 0 Å². The van der Waals surface area contributed by atoms with Crippen molar-refractivity contribution in [2.24, 2.45) is 0 Å². The molecule has 0 spiro atoms. The van der Waals surface area contributed by atoms with Crippen molar-refractivity contribution in [3.05, 3.63) is 24.3 Å². The third-order valence-corrected chi connectivity index (χ3v) is 4.71. The number of carbonyl (C=O) groups is 1. The normalized spacial score (nSPS) is 24.5. The van der Waals surface area contributed by atoms with Crippen molar-refractivity contribution >= 4 is 5.97 Å². The molecule has 2 unspecified atom stereocenters. The van der Waals surface area contributed by atoms with E-state index in [1.54, 1.807) is 0 Å². The predicted octanol–water partition coefficient (Wildman–Crippen LogP) is 3.68. The van der Waals surface area contributed by atoms with Gasteiger partial charge in [0.05, 0.1) is 31.5 Å². The number of allylic oxidation sites excluding steroid dienone is 2. The molecule has 5 nitrogen and oxygen atoms in total. The summed E-state index contributed by atoms with van der Waals surface area (Å²) in [5.41, 5.74) is 0. The smallest absolute Gasteiger partial charge is 0.305 e. The lowest BCUT2D eigenvalue weighted by Gasteiger charge is -2.17. The number of methoxy groups -OCH3 is 1. The van der Waals surface area contributed by atoms with Crippen LogP contribution in [0.25, 0.3) is 0 Å². The first-order valence-electron chi connectivity index (χ1n) is 9.96. The Balaban J connectivity index is 2.21. The average molecular weight is 369 g/mol. The average Bonchev–Trinajstić information content (AvgIpc) is 3.01. The summed E-state index contributed by atoms with van der Waals surface area (Å²) in [6, 6.07) is 0. The van der Waals surface area contributed by atoms with Crippen LogP contribution in [0.1, 0.15) is 71.1 Å². The van der Waals surface area contributed by atoms with Crippen LogP contribution in [0, 0.1) is 0 Å². The lowest BCUT2D eigenvalue weighted by molar-refractivity contribution is -0.140. The second-order valence-electron chi connectivity index (χ2n) is 6.96. The van der Waals surface area contributed by atoms with Crippen LogP contribution >= 0.6 is 0 Å². The van der Waals surface area contributed by atoms with Crippen molar-refractivity contribution in [1.29, 1.82) is 0 Å². The molecule has 2 N–H and O–H groups in total. The van der Waals surface area contributed by atoms with E-state index in [4.69, 9.17) is 4.74 Å². The van der Waals surface area contributed by atoms with Gasteiger partial charge in [-0.15, -0.1) is 0 Å². The molecule has 0 aromatic rings. The molecule has 0 saturated carbocycles. The van der Waals surface area contributed by atoms with Gasteiger partial charge in [0, 0.05) is 12.8 Å². The summed E-state index contributed by atoms with van der Waals surface area (Å²) in [7, 11) is 1.39. The van der Waals surface area contributed by atoms with E-state index in [1.807, 2.05) is 18.2 Å². The van der Waals surface area contributed by atoms with Crippen molar-refractivity contribution in [3.63, 3.8) is 0 Å². The molecule has 0 aromatic heterocycles. The number of hydrogen-bond acceptors (Lipinski definition) is 5. The summed E-state index contributed by atoms with van der Waals surface area (Å²) in [4.78, 5) is 11.0. The van der Waals surface area contributed by atoms with Crippen molar-refractivity contribution in [2.45, 2.75) is 95.5 Å². The Bertz CT molecular complexity index is 432. The minimum Gasteiger partial charge on any atom is -0.469 e. The van der Waals surface area contributed by atoms with Crippen LogP contribution in [-0.4, -0.2) is 47.7 Å². The molecule has 0 amide bonds. The van der Waals surface area contributed by atoms with Crippen molar-refractivity contribution in [3.8, 4) is 0 Å². The Morgan fingerprint density at radius 3 is 2.65 bits per heavy atom. The number of aliphatic hydroxyl groups excluding tert-OH is 2. The third-order valence-electron chi connectivity index (χ3n) is 4.71. The van der Waals surface area contributed by atoms with Gasteiger partial charge in [0.2, 0.25) is 0 Å². The standard InChI is InChI=1S/C21H36O5/c1-3-4-5-6-7-10-13-17(22)20-16-18(23)19(26-20)14-11-8-9-12-15-21(24)25-2/h7-8,10-11,17-20,22-23H,3-6,9,12-16H2,1-2H3/t17?,18-,19+,20?/m1/s1. The molecule has 4 atom stereocenters. The van der Waals surface area contributed by atoms with E-state index in [1.165, 1.54) is 26.4 Å². The molecule has 0 bridgehead atoms. The molecular weight excluding hydrogens is 332 g/mol. The van der Waals surface area contributed by atoms with Crippen molar-refractivity contribution in [2.75, 3.05) is 7.11 Å². The molecule has 5 heteroatoms. The fraction of sp³-hybridized carbons (Fsp3) is 0.762. The molecular formula is C21H36O5. The maximum atomic E-state index is 11.0. The summed E-state index contributed by atoms with van der Waals surface area (Å²) in [6.45, 7) is 2.18. The predicted molar refractivity (Wildman–Crippen MR) is 103 cm³/mol. The van der Waals surface area contributed by atoms with Gasteiger partial charge in [-0.1, -0.05) is 44.1 Å². The first kappa shape index (κ1) is 22.9. The van der Waals surface area contributed by atoms with E-state index < -0.39 is 12.2 Å². The minimum absolute atomic E-state index is 0.191. The van der Waals surface area contributed by atoms with E-state index >= 15 is 0 Å². The highest BCUT2D eigenvalue weighted by molar-refractivity contribution is 5.69. The second-order valence-corrected chi connectivity index (χ2v) is 6.96. The molecule has 1 aliphatic rings. The van der Waals surface area contributed by atoms with Crippen LogP contribution in [0.3, 0.4) is 0 Å². The van der Waals surface area contributed by atoms with Gasteiger partial charge in [-0.2, -0.15) is 0 Å². The monoisotopic (exact) mass is 368 g/mol. The largest absolute Gasteiger partial charge is 0.469 e. The number of unbranched alkanes of at least 4 members (excludes halogenated alkanes) is 4. The van der Waals surface area contributed by atoms with Gasteiger partial charge >= 0.3 is 5.97 Å². The SMILES string of the molecule is CCCCCC=CCC(O)C1C[C@@H](O)[C@H](CC=CCCCC(=O)OC)O1. The van der Waals surface area contributed by atoms with E-state index in [0.29, 0.717) is 25.7 Å². The number of hydrogen-bond donors (Lipinski definition) is 2. The molecule has 26 heavy (non-hydrogen) atoms. The van der Waals surface area contributed by atoms with Gasteiger partial charge in [-0.05, 0) is 38.5 Å². The van der Waals surface area contributed by atoms with E-state index in [-0.39, 0.29) is 18.2 Å². The zero-order valence-electron chi connectivity index (χ0n) is 16.3. The molecule has 1 saturated heterocycles. The lowest BCUT2D eigenvalue weighted by Crippen LogP contribution is -2.25. The molecule has 1 aliphatic heterocycles. The highest BCUT2D eigenvalue weighted by Crippen LogP contribution is 2.26. The summed E-state index contributed by atoms with van der Waals surface area (Å²) in [5, 5.41) is 20.4. The fourth-order valence-corrected chi connectivity index (χ4v) is 3.05. The maximum Gasteiger partial charge on any atom is 0.305 e. The van der Waals surface area contributed by atoms with Gasteiger partial charge in [-0.25, -0.2) is 0 Å². The zero-order chi connectivity index (χ0) is 19.2. The minimum atomic E-state index is -0.568. The Hall–Kier alpha value is -1.17. The lowest BCUT2D eigenvalue weighted by atomic mass is 10.0. The molecule has 0 radical (unpaired) electrons. The quantitative estimate of drug-likeness (QED) is 0.295. The Morgan fingerprint density at radius 1 is 1.19 bits per heavy atom. The van der Waals surface area contributed by atoms with Gasteiger partial charge in [0.15, 0.2) is 0 Å². The number of ether oxygens (including phenoxy) is 2. The highest BCUT2D eigenvalue weighted by Gasteiger charge is 2.36. The van der Waals surface area contributed by atoms with Crippen LogP contribution in [0.2, 0.25) is 0 Å². The van der Waals surface area contributed by atoms with Gasteiger partial charge in [0.1, 0.15) is 0 Å².